The number of imide groups is 2. The van der Waals surface area contributed by atoms with Crippen molar-refractivity contribution in [1.82, 2.24) is 25.1 Å². The molecule has 14 heteroatoms. The molecule has 1 unspecified atom stereocenters. The molecule has 0 aliphatic carbocycles. The number of hydrogen-bond acceptors (Lipinski definition) is 10. The Bertz CT molecular complexity index is 1980. The first-order valence-corrected chi connectivity index (χ1v) is 17.9. The molecule has 3 fully saturated rings. The Labute approximate surface area is 291 Å². The van der Waals surface area contributed by atoms with Crippen molar-refractivity contribution >= 4 is 46.3 Å². The summed E-state index contributed by atoms with van der Waals surface area (Å²) in [5.41, 5.74) is 0.580. The van der Waals surface area contributed by atoms with Crippen molar-refractivity contribution in [2.24, 2.45) is 5.92 Å². The average molecular weight is 702 g/mol. The van der Waals surface area contributed by atoms with E-state index in [-0.39, 0.29) is 40.8 Å². The lowest BCUT2D eigenvalue weighted by Gasteiger charge is -2.30. The van der Waals surface area contributed by atoms with E-state index < -0.39 is 41.0 Å². The summed E-state index contributed by atoms with van der Waals surface area (Å²) in [5.74, 6) is 4.93. The molecule has 0 spiro atoms. The molecule has 260 valence electrons. The normalized spacial score (nSPS) is 20.5. The summed E-state index contributed by atoms with van der Waals surface area (Å²) >= 11 is 1.72. The fourth-order valence-electron chi connectivity index (χ4n) is 6.83. The van der Waals surface area contributed by atoms with Gasteiger partial charge in [-0.1, -0.05) is 17.9 Å². The topological polar surface area (TPSA) is 151 Å². The van der Waals surface area contributed by atoms with Gasteiger partial charge in [0, 0.05) is 42.6 Å². The smallest absolute Gasteiger partial charge is 0.263 e. The van der Waals surface area contributed by atoms with Crippen molar-refractivity contribution in [1.29, 1.82) is 0 Å². The predicted molar refractivity (Wildman–Crippen MR) is 182 cm³/mol. The van der Waals surface area contributed by atoms with Gasteiger partial charge in [0.05, 0.1) is 35.5 Å². The number of halogens is 1. The van der Waals surface area contributed by atoms with Crippen molar-refractivity contribution in [2.75, 3.05) is 39.5 Å². The highest BCUT2D eigenvalue weighted by Crippen LogP contribution is 2.30. The number of carbonyl (C=O) groups is 4. The number of H-pyrrole nitrogens is 1. The molecule has 0 bridgehead atoms. The molecule has 5 heterocycles. The minimum atomic E-state index is -1.03. The van der Waals surface area contributed by atoms with Gasteiger partial charge in [0.25, 0.3) is 17.4 Å². The van der Waals surface area contributed by atoms with Crippen LogP contribution in [0.25, 0.3) is 10.9 Å². The summed E-state index contributed by atoms with van der Waals surface area (Å²) in [7, 11) is 0. The molecule has 12 nitrogen and oxygen atoms in total. The highest BCUT2D eigenvalue weighted by molar-refractivity contribution is 7.99. The minimum Gasteiger partial charge on any atom is -0.493 e. The van der Waals surface area contributed by atoms with Crippen molar-refractivity contribution < 1.29 is 33.0 Å². The number of carbonyl (C=O) groups excluding carboxylic acids is 4. The third kappa shape index (κ3) is 7.17. The fourth-order valence-corrected chi connectivity index (χ4v) is 7.89. The number of aromatic nitrogens is 2. The molecule has 4 amide bonds. The largest absolute Gasteiger partial charge is 0.493 e. The molecule has 4 aliphatic rings. The van der Waals surface area contributed by atoms with E-state index in [1.807, 2.05) is 0 Å². The maximum Gasteiger partial charge on any atom is 0.263 e. The van der Waals surface area contributed by atoms with Gasteiger partial charge in [0.15, 0.2) is 0 Å². The molecule has 0 radical (unpaired) electrons. The fraction of sp³-hybridized carbons (Fsp3) is 0.444. The van der Waals surface area contributed by atoms with Crippen LogP contribution in [0, 0.1) is 23.6 Å². The third-order valence-electron chi connectivity index (χ3n) is 9.59. The van der Waals surface area contributed by atoms with Gasteiger partial charge < -0.3 is 14.5 Å². The van der Waals surface area contributed by atoms with E-state index in [9.17, 15) is 28.4 Å². The maximum absolute atomic E-state index is 15.0. The molecule has 4 aliphatic heterocycles. The average Bonchev–Trinajstić information content (AvgIpc) is 3.36. The van der Waals surface area contributed by atoms with Crippen LogP contribution in [0.3, 0.4) is 0 Å². The summed E-state index contributed by atoms with van der Waals surface area (Å²) in [6, 6.07) is 6.73. The number of thioether (sulfide) groups is 1. The van der Waals surface area contributed by atoms with Gasteiger partial charge in [-0.25, -0.2) is 9.37 Å². The highest BCUT2D eigenvalue weighted by Gasteiger charge is 2.45. The molecule has 3 saturated heterocycles. The minimum absolute atomic E-state index is 0.0542. The molecule has 50 heavy (non-hydrogen) atoms. The van der Waals surface area contributed by atoms with E-state index in [2.05, 4.69) is 32.0 Å². The van der Waals surface area contributed by atoms with Crippen molar-refractivity contribution in [3.63, 3.8) is 0 Å². The number of fused-ring (bicyclic) bond motifs is 2. The Morgan fingerprint density at radius 1 is 1.02 bits per heavy atom. The summed E-state index contributed by atoms with van der Waals surface area (Å²) in [6.45, 7) is 3.87. The number of likely N-dealkylation sites (tertiary alicyclic amines) is 1. The van der Waals surface area contributed by atoms with Crippen LogP contribution >= 0.6 is 11.8 Å². The van der Waals surface area contributed by atoms with Crippen LogP contribution in [0.1, 0.15) is 70.6 Å². The Morgan fingerprint density at radius 2 is 1.82 bits per heavy atom. The van der Waals surface area contributed by atoms with Crippen LogP contribution in [0.5, 0.6) is 5.75 Å². The molecule has 2 N–H and O–H groups in total. The molecular weight excluding hydrogens is 665 g/mol. The molecule has 0 saturated carbocycles. The first kappa shape index (κ1) is 33.9. The molecule has 1 atom stereocenters. The summed E-state index contributed by atoms with van der Waals surface area (Å²) < 4.78 is 26.4. The lowest BCUT2D eigenvalue weighted by Crippen LogP contribution is -2.54. The van der Waals surface area contributed by atoms with Gasteiger partial charge in [-0.05, 0) is 63.2 Å². The van der Waals surface area contributed by atoms with E-state index >= 15 is 0 Å². The van der Waals surface area contributed by atoms with Gasteiger partial charge in [0.1, 0.15) is 28.8 Å². The number of nitrogens with zero attached hydrogens (tertiary/aromatic N) is 3. The van der Waals surface area contributed by atoms with Gasteiger partial charge in [-0.15, -0.1) is 0 Å². The number of nitrogens with one attached hydrogen (secondary N) is 2. The summed E-state index contributed by atoms with van der Waals surface area (Å²) in [4.78, 5) is 73.5. The van der Waals surface area contributed by atoms with Crippen molar-refractivity contribution in [3.05, 3.63) is 69.0 Å². The van der Waals surface area contributed by atoms with Gasteiger partial charge >= 0.3 is 0 Å². The molecule has 7 rings (SSSR count). The van der Waals surface area contributed by atoms with Crippen LogP contribution in [-0.4, -0.2) is 94.1 Å². The highest BCUT2D eigenvalue weighted by atomic mass is 32.2. The second-order valence-corrected chi connectivity index (χ2v) is 14.2. The van der Waals surface area contributed by atoms with E-state index in [0.717, 1.165) is 56.9 Å². The quantitative estimate of drug-likeness (QED) is 0.265. The SMILES string of the molecule is O=C1CCC(N2C(=O)c3cccc(C#CCN4CCC(COc5cc(F)c6c(=O)[nH]c(CSC7CCOCC7)nc6c5)CC4)c3C2=O)C(=O)N1. The zero-order valence-corrected chi connectivity index (χ0v) is 28.1. The molecule has 3 aromatic rings. The Morgan fingerprint density at radius 3 is 2.60 bits per heavy atom. The van der Waals surface area contributed by atoms with Gasteiger partial charge in [-0.2, -0.15) is 11.8 Å². The number of ether oxygens (including phenoxy) is 2. The number of benzene rings is 2. The second kappa shape index (κ2) is 14.7. The Balaban J connectivity index is 0.925. The van der Waals surface area contributed by atoms with Crippen LogP contribution in [0.2, 0.25) is 0 Å². The zero-order valence-electron chi connectivity index (χ0n) is 27.3. The number of rotatable bonds is 8. The predicted octanol–water partition coefficient (Wildman–Crippen LogP) is 3.02. The monoisotopic (exact) mass is 701 g/mol. The standard InChI is InChI=1S/C36H36FN5O7S/c37-26-17-23(18-27-32(26)34(45)39-29(38-27)20-50-24-10-15-48-16-11-24)49-19-21-8-13-41(14-9-21)12-2-4-22-3-1-5-25-31(22)36(47)42(35(25)46)28-6-7-30(43)40-33(28)44/h1,3,5,17-18,21,24,28H,6-16,19-20H2,(H,38,39,45)(H,40,43,44). The number of piperidine rings is 2. The third-order valence-corrected chi connectivity index (χ3v) is 11.0. The molecular formula is C36H36FN5O7S. The number of hydrogen-bond donors (Lipinski definition) is 2. The first-order valence-electron chi connectivity index (χ1n) is 16.9. The van der Waals surface area contributed by atoms with Crippen LogP contribution in [-0.2, 0) is 20.1 Å². The second-order valence-electron chi connectivity index (χ2n) is 12.9. The van der Waals surface area contributed by atoms with E-state index in [0.29, 0.717) is 41.3 Å². The van der Waals surface area contributed by atoms with Gasteiger partial charge in [0.2, 0.25) is 11.8 Å². The number of amides is 4. The van der Waals surface area contributed by atoms with Crippen molar-refractivity contribution in [2.45, 2.75) is 55.6 Å². The Hall–Kier alpha value is -4.58. The number of aromatic amines is 1. The van der Waals surface area contributed by atoms with E-state index in [1.54, 1.807) is 36.0 Å². The lowest BCUT2D eigenvalue weighted by atomic mass is 9.98. The summed E-state index contributed by atoms with van der Waals surface area (Å²) in [6.07, 6.45) is 3.74. The lowest BCUT2D eigenvalue weighted by molar-refractivity contribution is -0.136. The maximum atomic E-state index is 15.0. The van der Waals surface area contributed by atoms with Crippen LogP contribution in [0.15, 0.2) is 35.1 Å². The van der Waals surface area contributed by atoms with Gasteiger partial charge in [-0.3, -0.25) is 39.1 Å². The molecule has 1 aromatic heterocycles. The van der Waals surface area contributed by atoms with Crippen molar-refractivity contribution in [3.8, 4) is 17.6 Å². The zero-order chi connectivity index (χ0) is 34.8. The van der Waals surface area contributed by atoms with E-state index in [4.69, 9.17) is 9.47 Å². The van der Waals surface area contributed by atoms with Crippen LogP contribution < -0.4 is 15.6 Å². The first-order chi connectivity index (χ1) is 24.2. The Kier molecular flexibility index (Phi) is 9.98. The van der Waals surface area contributed by atoms with Crippen LogP contribution in [0.4, 0.5) is 4.39 Å². The summed E-state index contributed by atoms with van der Waals surface area (Å²) in [5, 5.41) is 2.57. The van der Waals surface area contributed by atoms with E-state index in [1.165, 1.54) is 6.07 Å². The molecule has 2 aromatic carbocycles.